The minimum atomic E-state index is -3.77. The lowest BCUT2D eigenvalue weighted by Gasteiger charge is -2.22. The van der Waals surface area contributed by atoms with Crippen LogP contribution in [0.5, 0.6) is 0 Å². The minimum absolute atomic E-state index is 0.148. The van der Waals surface area contributed by atoms with Crippen molar-refractivity contribution in [3.05, 3.63) is 64.3 Å². The SMILES string of the molecule is O=C(Nc1nc(-c2ccc3ccccc3c2)cs1)C1CCCN1S(=O)(=O)c1ccc(Cl)s1. The van der Waals surface area contributed by atoms with Crippen LogP contribution in [0.25, 0.3) is 22.0 Å². The lowest BCUT2D eigenvalue weighted by Crippen LogP contribution is -2.42. The number of fused-ring (bicyclic) bond motifs is 1. The highest BCUT2D eigenvalue weighted by Crippen LogP contribution is 2.33. The summed E-state index contributed by atoms with van der Waals surface area (Å²) in [6, 6.07) is 16.5. The van der Waals surface area contributed by atoms with E-state index in [-0.39, 0.29) is 10.1 Å². The van der Waals surface area contributed by atoms with Crippen molar-refractivity contribution < 1.29 is 13.2 Å². The number of thiazole rings is 1. The predicted molar refractivity (Wildman–Crippen MR) is 130 cm³/mol. The third kappa shape index (κ3) is 4.06. The summed E-state index contributed by atoms with van der Waals surface area (Å²) in [4.78, 5) is 17.5. The van der Waals surface area contributed by atoms with Gasteiger partial charge in [0, 0.05) is 17.5 Å². The Labute approximate surface area is 198 Å². The molecule has 32 heavy (non-hydrogen) atoms. The van der Waals surface area contributed by atoms with Crippen LogP contribution in [-0.2, 0) is 14.8 Å². The van der Waals surface area contributed by atoms with Gasteiger partial charge in [-0.1, -0.05) is 48.0 Å². The van der Waals surface area contributed by atoms with E-state index in [1.807, 2.05) is 35.7 Å². The fraction of sp³-hybridized carbons (Fsp3) is 0.182. The van der Waals surface area contributed by atoms with Crippen LogP contribution in [0.3, 0.4) is 0 Å². The molecule has 1 unspecified atom stereocenters. The molecule has 0 aliphatic carbocycles. The number of anilines is 1. The van der Waals surface area contributed by atoms with E-state index in [0.717, 1.165) is 33.4 Å². The largest absolute Gasteiger partial charge is 0.301 e. The highest BCUT2D eigenvalue weighted by molar-refractivity contribution is 7.91. The maximum Gasteiger partial charge on any atom is 0.253 e. The topological polar surface area (TPSA) is 79.4 Å². The summed E-state index contributed by atoms with van der Waals surface area (Å²) >= 11 is 8.23. The van der Waals surface area contributed by atoms with Gasteiger partial charge in [-0.15, -0.1) is 22.7 Å². The Hall–Kier alpha value is -2.30. The number of sulfonamides is 1. The fourth-order valence-electron chi connectivity index (χ4n) is 3.84. The van der Waals surface area contributed by atoms with Crippen molar-refractivity contribution in [1.82, 2.24) is 9.29 Å². The molecule has 2 aromatic carbocycles. The van der Waals surface area contributed by atoms with Crippen LogP contribution in [0.4, 0.5) is 5.13 Å². The van der Waals surface area contributed by atoms with Crippen LogP contribution < -0.4 is 5.32 Å². The molecule has 1 aliphatic heterocycles. The summed E-state index contributed by atoms with van der Waals surface area (Å²) in [6.07, 6.45) is 1.09. The van der Waals surface area contributed by atoms with E-state index in [9.17, 15) is 13.2 Å². The molecule has 0 spiro atoms. The molecule has 1 aliphatic rings. The first-order chi connectivity index (χ1) is 15.4. The van der Waals surface area contributed by atoms with Crippen LogP contribution in [0.1, 0.15) is 12.8 Å². The fourth-order valence-corrected chi connectivity index (χ4v) is 7.83. The number of amides is 1. The van der Waals surface area contributed by atoms with Crippen LogP contribution in [0, 0.1) is 0 Å². The third-order valence-corrected chi connectivity index (χ3v) is 9.76. The second-order valence-corrected chi connectivity index (χ2v) is 12.1. The van der Waals surface area contributed by atoms with Crippen molar-refractivity contribution in [3.63, 3.8) is 0 Å². The predicted octanol–water partition coefficient (Wildman–Crippen LogP) is 5.47. The van der Waals surface area contributed by atoms with Gasteiger partial charge in [-0.05, 0) is 41.8 Å². The number of carbonyl (C=O) groups is 1. The standard InChI is InChI=1S/C22H18ClN3O3S3/c23-19-9-10-20(31-19)32(28,29)26-11-3-6-18(26)21(27)25-22-24-17(13-30-22)16-8-7-14-4-1-2-5-15(14)12-16/h1-2,4-5,7-10,12-13,18H,3,6,11H2,(H,24,25,27). The lowest BCUT2D eigenvalue weighted by atomic mass is 10.1. The Balaban J connectivity index is 1.34. The van der Waals surface area contributed by atoms with E-state index in [1.54, 1.807) is 6.07 Å². The Morgan fingerprint density at radius 3 is 2.72 bits per heavy atom. The minimum Gasteiger partial charge on any atom is -0.301 e. The van der Waals surface area contributed by atoms with Crippen LogP contribution >= 0.6 is 34.3 Å². The maximum absolute atomic E-state index is 13.0. The smallest absolute Gasteiger partial charge is 0.253 e. The number of hydrogen-bond acceptors (Lipinski definition) is 6. The molecule has 3 heterocycles. The van der Waals surface area contributed by atoms with Crippen molar-refractivity contribution in [2.24, 2.45) is 0 Å². The number of benzene rings is 2. The number of halogens is 1. The second kappa shape index (κ2) is 8.57. The molecule has 0 bridgehead atoms. The highest BCUT2D eigenvalue weighted by atomic mass is 35.5. The third-order valence-electron chi connectivity index (χ3n) is 5.40. The Morgan fingerprint density at radius 2 is 1.94 bits per heavy atom. The van der Waals surface area contributed by atoms with Gasteiger partial charge in [0.2, 0.25) is 5.91 Å². The monoisotopic (exact) mass is 503 g/mol. The number of aromatic nitrogens is 1. The van der Waals surface area contributed by atoms with Crippen molar-refractivity contribution in [3.8, 4) is 11.3 Å². The molecule has 10 heteroatoms. The number of rotatable bonds is 5. The maximum atomic E-state index is 13.0. The molecule has 1 amide bonds. The Bertz CT molecular complexity index is 1410. The average molecular weight is 504 g/mol. The first-order valence-corrected chi connectivity index (χ1v) is 13.5. The molecule has 1 atom stereocenters. The van der Waals surface area contributed by atoms with Crippen molar-refractivity contribution in [2.75, 3.05) is 11.9 Å². The van der Waals surface area contributed by atoms with Gasteiger partial charge in [-0.3, -0.25) is 4.79 Å². The molecule has 6 nitrogen and oxygen atoms in total. The van der Waals surface area contributed by atoms with Gasteiger partial charge in [0.1, 0.15) is 10.3 Å². The van der Waals surface area contributed by atoms with Gasteiger partial charge in [-0.2, -0.15) is 4.31 Å². The number of hydrogen-bond donors (Lipinski definition) is 1. The first kappa shape index (κ1) is 21.5. The summed E-state index contributed by atoms with van der Waals surface area (Å²) < 4.78 is 27.8. The molecule has 164 valence electrons. The van der Waals surface area contributed by atoms with E-state index >= 15 is 0 Å². The molecular weight excluding hydrogens is 486 g/mol. The molecule has 1 fully saturated rings. The highest BCUT2D eigenvalue weighted by Gasteiger charge is 2.40. The van der Waals surface area contributed by atoms with Gasteiger partial charge in [0.05, 0.1) is 10.0 Å². The molecule has 2 aromatic heterocycles. The molecule has 4 aromatic rings. The zero-order chi connectivity index (χ0) is 22.3. The van der Waals surface area contributed by atoms with Gasteiger partial charge in [-0.25, -0.2) is 13.4 Å². The lowest BCUT2D eigenvalue weighted by molar-refractivity contribution is -0.119. The van der Waals surface area contributed by atoms with Gasteiger partial charge >= 0.3 is 0 Å². The molecule has 1 saturated heterocycles. The van der Waals surface area contributed by atoms with Crippen molar-refractivity contribution in [2.45, 2.75) is 23.1 Å². The normalized spacial score (nSPS) is 17.1. The Morgan fingerprint density at radius 1 is 1.12 bits per heavy atom. The average Bonchev–Trinajstić information content (AvgIpc) is 3.54. The summed E-state index contributed by atoms with van der Waals surface area (Å²) in [6.45, 7) is 0.302. The molecule has 5 rings (SSSR count). The second-order valence-electron chi connectivity index (χ2n) is 7.42. The summed E-state index contributed by atoms with van der Waals surface area (Å²) in [5.41, 5.74) is 1.72. The quantitative estimate of drug-likeness (QED) is 0.391. The number of nitrogens with one attached hydrogen (secondary N) is 1. The van der Waals surface area contributed by atoms with E-state index in [1.165, 1.54) is 21.7 Å². The van der Waals surface area contributed by atoms with E-state index in [4.69, 9.17) is 11.6 Å². The molecule has 1 N–H and O–H groups in total. The summed E-state index contributed by atoms with van der Waals surface area (Å²) in [7, 11) is -3.77. The molecule has 0 saturated carbocycles. The zero-order valence-electron chi connectivity index (χ0n) is 16.7. The van der Waals surface area contributed by atoms with Crippen LogP contribution in [0.15, 0.2) is 64.2 Å². The van der Waals surface area contributed by atoms with Gasteiger partial charge < -0.3 is 5.32 Å². The molecular formula is C22H18ClN3O3S3. The Kier molecular flexibility index (Phi) is 5.77. The van der Waals surface area contributed by atoms with Gasteiger partial charge in [0.25, 0.3) is 10.0 Å². The number of carbonyl (C=O) groups excluding carboxylic acids is 1. The van der Waals surface area contributed by atoms with E-state index < -0.39 is 16.1 Å². The van der Waals surface area contributed by atoms with Crippen LogP contribution in [0.2, 0.25) is 4.34 Å². The number of nitrogens with zero attached hydrogens (tertiary/aromatic N) is 2. The number of thiophene rings is 1. The summed E-state index contributed by atoms with van der Waals surface area (Å²) in [5, 5.41) is 7.40. The summed E-state index contributed by atoms with van der Waals surface area (Å²) in [5.74, 6) is -0.367. The molecule has 0 radical (unpaired) electrons. The van der Waals surface area contributed by atoms with Gasteiger partial charge in [0.15, 0.2) is 5.13 Å². The van der Waals surface area contributed by atoms with Crippen molar-refractivity contribution >= 4 is 66.1 Å². The van der Waals surface area contributed by atoms with Crippen molar-refractivity contribution in [1.29, 1.82) is 0 Å². The first-order valence-electron chi connectivity index (χ1n) is 9.94. The zero-order valence-corrected chi connectivity index (χ0v) is 19.9. The van der Waals surface area contributed by atoms with E-state index in [0.29, 0.717) is 28.9 Å². The van der Waals surface area contributed by atoms with E-state index in [2.05, 4.69) is 22.4 Å². The van der Waals surface area contributed by atoms with Crippen LogP contribution in [-0.4, -0.2) is 36.2 Å².